The number of rotatable bonds is 2. The predicted molar refractivity (Wildman–Crippen MR) is 66.7 cm³/mol. The minimum absolute atomic E-state index is 0.0419. The van der Waals surface area contributed by atoms with Crippen LogP contribution in [0.3, 0.4) is 0 Å². The Morgan fingerprint density at radius 1 is 1.44 bits per heavy atom. The van der Waals surface area contributed by atoms with Gasteiger partial charge in [-0.25, -0.2) is 8.72 Å². The van der Waals surface area contributed by atoms with Crippen LogP contribution in [0.1, 0.15) is 13.8 Å². The molecule has 9 heteroatoms. The Morgan fingerprint density at radius 3 is 2.25 bits per heavy atom. The standard InChI is InChI=1S/C7H8Br3N3O3/c1-4(14)11(8)3-7(2)5(15)12(9)6(16)13(7)10/h3H2,1-2H3. The fraction of sp³-hybridized carbons (Fsp3) is 0.571. The van der Waals surface area contributed by atoms with Crippen molar-refractivity contribution in [3.8, 4) is 0 Å². The zero-order valence-electron chi connectivity index (χ0n) is 8.41. The van der Waals surface area contributed by atoms with Crippen molar-refractivity contribution >= 4 is 66.3 Å². The summed E-state index contributed by atoms with van der Waals surface area (Å²) in [6, 6.07) is -0.531. The van der Waals surface area contributed by atoms with E-state index in [1.807, 2.05) is 0 Å². The quantitative estimate of drug-likeness (QED) is 0.504. The first-order valence-electron chi connectivity index (χ1n) is 4.16. The SMILES string of the molecule is CC(=O)N(Br)CC1(C)C(=O)N(Br)C(=O)N1Br. The van der Waals surface area contributed by atoms with Crippen molar-refractivity contribution in [2.75, 3.05) is 6.54 Å². The molecular weight excluding hydrogens is 414 g/mol. The Balaban J connectivity index is 2.96. The van der Waals surface area contributed by atoms with Gasteiger partial charge in [0.1, 0.15) is 0 Å². The van der Waals surface area contributed by atoms with Crippen LogP contribution in [0.5, 0.6) is 0 Å². The molecule has 1 unspecified atom stereocenters. The lowest BCUT2D eigenvalue weighted by Gasteiger charge is -2.29. The molecule has 16 heavy (non-hydrogen) atoms. The molecule has 0 aromatic carbocycles. The highest BCUT2D eigenvalue weighted by Gasteiger charge is 2.54. The molecule has 1 fully saturated rings. The van der Waals surface area contributed by atoms with Gasteiger partial charge in [-0.05, 0) is 6.92 Å². The molecule has 4 amide bonds. The highest BCUT2D eigenvalue weighted by molar-refractivity contribution is 9.08. The third-order valence-corrected chi connectivity index (χ3v) is 4.66. The Labute approximate surface area is 118 Å². The van der Waals surface area contributed by atoms with E-state index in [0.29, 0.717) is 0 Å². The number of nitrogens with zero attached hydrogens (tertiary/aromatic N) is 3. The minimum Gasteiger partial charge on any atom is -0.276 e. The van der Waals surface area contributed by atoms with Gasteiger partial charge in [-0.1, -0.05) is 0 Å². The van der Waals surface area contributed by atoms with Gasteiger partial charge in [0, 0.05) is 6.92 Å². The highest BCUT2D eigenvalue weighted by atomic mass is 79.9. The zero-order valence-corrected chi connectivity index (χ0v) is 13.2. The second-order valence-electron chi connectivity index (χ2n) is 3.46. The van der Waals surface area contributed by atoms with Crippen molar-refractivity contribution in [2.45, 2.75) is 19.4 Å². The van der Waals surface area contributed by atoms with Crippen LogP contribution >= 0.6 is 48.4 Å². The summed E-state index contributed by atoms with van der Waals surface area (Å²) in [7, 11) is 0. The lowest BCUT2D eigenvalue weighted by Crippen LogP contribution is -2.50. The maximum atomic E-state index is 11.8. The lowest BCUT2D eigenvalue weighted by molar-refractivity contribution is -0.129. The van der Waals surface area contributed by atoms with Crippen LogP contribution in [0.4, 0.5) is 4.79 Å². The predicted octanol–water partition coefficient (Wildman–Crippen LogP) is 1.79. The smallest absolute Gasteiger partial charge is 0.276 e. The van der Waals surface area contributed by atoms with Crippen LogP contribution < -0.4 is 0 Å². The summed E-state index contributed by atoms with van der Waals surface area (Å²) in [5.41, 5.74) is -1.14. The van der Waals surface area contributed by atoms with Crippen LogP contribution in [0.25, 0.3) is 0 Å². The molecule has 0 aliphatic carbocycles. The summed E-state index contributed by atoms with van der Waals surface area (Å²) in [5, 5.41) is 0. The van der Waals surface area contributed by atoms with E-state index in [1.165, 1.54) is 10.8 Å². The third-order valence-electron chi connectivity index (χ3n) is 2.20. The van der Waals surface area contributed by atoms with Crippen LogP contribution in [0.15, 0.2) is 0 Å². The van der Waals surface area contributed by atoms with E-state index in [9.17, 15) is 14.4 Å². The van der Waals surface area contributed by atoms with Gasteiger partial charge in [-0.2, -0.15) is 3.93 Å². The molecular formula is C7H8Br3N3O3. The van der Waals surface area contributed by atoms with Crippen molar-refractivity contribution < 1.29 is 14.4 Å². The first-order chi connectivity index (χ1) is 7.21. The first-order valence-corrected chi connectivity index (χ1v) is 6.29. The fourth-order valence-corrected chi connectivity index (χ4v) is 2.85. The van der Waals surface area contributed by atoms with E-state index in [0.717, 1.165) is 7.85 Å². The Morgan fingerprint density at radius 2 is 1.94 bits per heavy atom. The highest BCUT2D eigenvalue weighted by Crippen LogP contribution is 2.34. The number of imide groups is 1. The molecule has 1 rings (SSSR count). The number of hydrogen-bond donors (Lipinski definition) is 0. The molecule has 1 saturated heterocycles. The van der Waals surface area contributed by atoms with Gasteiger partial charge in [-0.15, -0.1) is 0 Å². The van der Waals surface area contributed by atoms with Crippen molar-refractivity contribution in [1.82, 2.24) is 11.8 Å². The Hall–Kier alpha value is -0.150. The average Bonchev–Trinajstić information content (AvgIpc) is 2.35. The minimum atomic E-state index is -1.14. The molecule has 0 spiro atoms. The van der Waals surface area contributed by atoms with Crippen LogP contribution in [0.2, 0.25) is 0 Å². The second-order valence-corrected chi connectivity index (χ2v) is 5.74. The number of hydrogen-bond acceptors (Lipinski definition) is 3. The molecule has 0 radical (unpaired) electrons. The third kappa shape index (κ3) is 2.12. The van der Waals surface area contributed by atoms with Gasteiger partial charge in [0.25, 0.3) is 5.91 Å². The van der Waals surface area contributed by atoms with Gasteiger partial charge >= 0.3 is 6.03 Å². The van der Waals surface area contributed by atoms with Crippen molar-refractivity contribution in [2.24, 2.45) is 0 Å². The van der Waals surface area contributed by atoms with Gasteiger partial charge in [0.05, 0.1) is 55.0 Å². The van der Waals surface area contributed by atoms with Crippen molar-refractivity contribution in [1.29, 1.82) is 0 Å². The van der Waals surface area contributed by atoms with Crippen molar-refractivity contribution in [3.05, 3.63) is 0 Å². The molecule has 6 nitrogen and oxygen atoms in total. The molecule has 1 heterocycles. The molecule has 1 aliphatic heterocycles. The number of halogens is 3. The summed E-state index contributed by atoms with van der Waals surface area (Å²) in [4.78, 5) is 34.4. The van der Waals surface area contributed by atoms with E-state index in [4.69, 9.17) is 0 Å². The molecule has 1 aliphatic rings. The van der Waals surface area contributed by atoms with Gasteiger partial charge in [0.15, 0.2) is 5.54 Å². The summed E-state index contributed by atoms with van der Waals surface area (Å²) >= 11 is 8.89. The van der Waals surface area contributed by atoms with Crippen LogP contribution in [0, 0.1) is 0 Å². The van der Waals surface area contributed by atoms with E-state index in [1.54, 1.807) is 6.92 Å². The number of carbonyl (C=O) groups is 3. The second kappa shape index (κ2) is 4.61. The lowest BCUT2D eigenvalue weighted by atomic mass is 10.0. The average molecular weight is 422 g/mol. The summed E-state index contributed by atoms with van der Waals surface area (Å²) in [5.74, 6) is -0.699. The molecule has 0 saturated carbocycles. The largest absolute Gasteiger partial charge is 0.348 e. The molecule has 0 aromatic heterocycles. The van der Waals surface area contributed by atoms with E-state index >= 15 is 0 Å². The maximum absolute atomic E-state index is 11.8. The normalized spacial score (nSPS) is 25.3. The maximum Gasteiger partial charge on any atom is 0.348 e. The summed E-state index contributed by atoms with van der Waals surface area (Å²) in [6.07, 6.45) is 0. The number of carbonyl (C=O) groups excluding carboxylic acids is 3. The Kier molecular flexibility index (Phi) is 4.01. The Bertz CT molecular complexity index is 364. The first kappa shape index (κ1) is 13.9. The summed E-state index contributed by atoms with van der Waals surface area (Å²) < 4.78 is 3.12. The number of amides is 4. The number of urea groups is 1. The fourth-order valence-electron chi connectivity index (χ4n) is 1.18. The monoisotopic (exact) mass is 419 g/mol. The molecule has 1 atom stereocenters. The van der Waals surface area contributed by atoms with Crippen molar-refractivity contribution in [3.63, 3.8) is 0 Å². The van der Waals surface area contributed by atoms with Crippen LogP contribution in [-0.4, -0.2) is 41.7 Å². The summed E-state index contributed by atoms with van der Waals surface area (Å²) in [6.45, 7) is 2.95. The molecule has 0 bridgehead atoms. The molecule has 0 aromatic rings. The van der Waals surface area contributed by atoms with Crippen LogP contribution in [-0.2, 0) is 9.59 Å². The van der Waals surface area contributed by atoms with Gasteiger partial charge in [-0.3, -0.25) is 13.5 Å². The van der Waals surface area contributed by atoms with Gasteiger partial charge < -0.3 is 0 Å². The zero-order chi connectivity index (χ0) is 12.7. The van der Waals surface area contributed by atoms with Gasteiger partial charge in [0.2, 0.25) is 5.91 Å². The van der Waals surface area contributed by atoms with E-state index in [2.05, 4.69) is 48.4 Å². The molecule has 90 valence electrons. The van der Waals surface area contributed by atoms with E-state index < -0.39 is 17.5 Å². The molecule has 0 N–H and O–H groups in total. The topological polar surface area (TPSA) is 60.9 Å². The van der Waals surface area contributed by atoms with E-state index in [-0.39, 0.29) is 12.5 Å².